The molecule has 0 saturated heterocycles. The predicted molar refractivity (Wildman–Crippen MR) is 98.9 cm³/mol. The van der Waals surface area contributed by atoms with Gasteiger partial charge in [-0.05, 0) is 29.8 Å². The molecule has 25 heavy (non-hydrogen) atoms. The van der Waals surface area contributed by atoms with Crippen LogP contribution in [0.2, 0.25) is 0 Å². The lowest BCUT2D eigenvalue weighted by atomic mass is 10.1. The Morgan fingerprint density at radius 2 is 2.00 bits per heavy atom. The maximum atomic E-state index is 9.69. The van der Waals surface area contributed by atoms with E-state index >= 15 is 0 Å². The van der Waals surface area contributed by atoms with E-state index in [2.05, 4.69) is 15.5 Å². The summed E-state index contributed by atoms with van der Waals surface area (Å²) in [4.78, 5) is 4.48. The first-order valence-corrected chi connectivity index (χ1v) is 8.40. The molecule has 0 radical (unpaired) electrons. The highest BCUT2D eigenvalue weighted by atomic mass is 32.1. The number of hydrazone groups is 1. The van der Waals surface area contributed by atoms with Crippen molar-refractivity contribution in [3.05, 3.63) is 64.7 Å². The summed E-state index contributed by atoms with van der Waals surface area (Å²) < 4.78 is 5.15. The number of thiazole rings is 1. The molecule has 2 aromatic carbocycles. The second kappa shape index (κ2) is 7.67. The summed E-state index contributed by atoms with van der Waals surface area (Å²) in [5, 5.41) is 25.6. The molecule has 7 heteroatoms. The number of hydrogen-bond acceptors (Lipinski definition) is 7. The van der Waals surface area contributed by atoms with Crippen molar-refractivity contribution in [2.24, 2.45) is 5.10 Å². The van der Waals surface area contributed by atoms with Crippen LogP contribution in [0.4, 0.5) is 5.13 Å². The fourth-order valence-electron chi connectivity index (χ4n) is 2.19. The Balaban J connectivity index is 1.60. The Kier molecular flexibility index (Phi) is 5.15. The monoisotopic (exact) mass is 355 g/mol. The number of rotatable bonds is 6. The van der Waals surface area contributed by atoms with Crippen LogP contribution in [-0.2, 0) is 6.42 Å². The predicted octanol–water partition coefficient (Wildman–Crippen LogP) is 3.60. The maximum absolute atomic E-state index is 9.69. The molecule has 0 atom stereocenters. The SMILES string of the molecule is COc1ccc(Cc2csc(N/N=C\c3ccc(O)cc3O)n2)cc1. The summed E-state index contributed by atoms with van der Waals surface area (Å²) in [5.41, 5.74) is 5.44. The van der Waals surface area contributed by atoms with Gasteiger partial charge in [-0.1, -0.05) is 12.1 Å². The van der Waals surface area contributed by atoms with Gasteiger partial charge in [-0.2, -0.15) is 5.10 Å². The molecule has 0 spiro atoms. The summed E-state index contributed by atoms with van der Waals surface area (Å²) in [7, 11) is 1.64. The van der Waals surface area contributed by atoms with Gasteiger partial charge < -0.3 is 14.9 Å². The first-order chi connectivity index (χ1) is 12.1. The van der Waals surface area contributed by atoms with Crippen molar-refractivity contribution in [3.8, 4) is 17.2 Å². The molecule has 0 amide bonds. The number of phenolic OH excluding ortho intramolecular Hbond substituents is 2. The van der Waals surface area contributed by atoms with Crippen molar-refractivity contribution in [1.29, 1.82) is 0 Å². The zero-order valence-electron chi connectivity index (χ0n) is 13.5. The molecular formula is C18H17N3O3S. The summed E-state index contributed by atoms with van der Waals surface area (Å²) in [6.45, 7) is 0. The fourth-order valence-corrected chi connectivity index (χ4v) is 2.85. The van der Waals surface area contributed by atoms with Gasteiger partial charge in [0.2, 0.25) is 5.13 Å². The molecule has 0 aliphatic heterocycles. The second-order valence-electron chi connectivity index (χ2n) is 5.28. The van der Waals surface area contributed by atoms with E-state index in [0.29, 0.717) is 10.7 Å². The maximum Gasteiger partial charge on any atom is 0.203 e. The van der Waals surface area contributed by atoms with E-state index < -0.39 is 0 Å². The van der Waals surface area contributed by atoms with Crippen molar-refractivity contribution in [2.75, 3.05) is 12.5 Å². The van der Waals surface area contributed by atoms with Gasteiger partial charge in [0.1, 0.15) is 17.2 Å². The standard InChI is InChI=1S/C18H17N3O3S/c1-24-16-6-2-12(3-7-16)8-14-11-25-18(20-14)21-19-10-13-4-5-15(22)9-17(13)23/h2-7,9-11,22-23H,8H2,1H3,(H,20,21)/b19-10-. The van der Waals surface area contributed by atoms with Crippen molar-refractivity contribution in [2.45, 2.75) is 6.42 Å². The second-order valence-corrected chi connectivity index (χ2v) is 6.14. The summed E-state index contributed by atoms with van der Waals surface area (Å²) >= 11 is 1.46. The number of hydrogen-bond donors (Lipinski definition) is 3. The molecule has 0 bridgehead atoms. The number of anilines is 1. The Morgan fingerprint density at radius 3 is 2.72 bits per heavy atom. The Bertz CT molecular complexity index is 876. The van der Waals surface area contributed by atoms with Crippen molar-refractivity contribution >= 4 is 22.7 Å². The summed E-state index contributed by atoms with van der Waals surface area (Å²) in [6.07, 6.45) is 2.20. The number of ether oxygens (including phenoxy) is 1. The molecule has 0 saturated carbocycles. The van der Waals surface area contributed by atoms with E-state index in [1.54, 1.807) is 13.2 Å². The third-order valence-corrected chi connectivity index (χ3v) is 4.27. The Labute approximate surface area is 149 Å². The Hall–Kier alpha value is -3.06. The minimum absolute atomic E-state index is 0.00528. The number of aromatic hydroxyl groups is 2. The summed E-state index contributed by atoms with van der Waals surface area (Å²) in [6, 6.07) is 12.2. The van der Waals surface area contributed by atoms with Crippen molar-refractivity contribution in [1.82, 2.24) is 4.98 Å². The highest BCUT2D eigenvalue weighted by Crippen LogP contribution is 2.22. The van der Waals surface area contributed by atoms with Crippen molar-refractivity contribution in [3.63, 3.8) is 0 Å². The lowest BCUT2D eigenvalue weighted by molar-refractivity contribution is 0.414. The average molecular weight is 355 g/mol. The van der Waals surface area contributed by atoms with Crippen LogP contribution in [0.3, 0.4) is 0 Å². The van der Waals surface area contributed by atoms with E-state index in [0.717, 1.165) is 23.4 Å². The topological polar surface area (TPSA) is 87.0 Å². The molecular weight excluding hydrogens is 338 g/mol. The van der Waals surface area contributed by atoms with E-state index in [9.17, 15) is 10.2 Å². The molecule has 0 unspecified atom stereocenters. The van der Waals surface area contributed by atoms with Crippen LogP contribution >= 0.6 is 11.3 Å². The van der Waals surface area contributed by atoms with E-state index in [1.807, 2.05) is 29.6 Å². The Morgan fingerprint density at radius 1 is 1.20 bits per heavy atom. The van der Waals surface area contributed by atoms with E-state index in [-0.39, 0.29) is 11.5 Å². The van der Waals surface area contributed by atoms with E-state index in [1.165, 1.54) is 29.7 Å². The number of nitrogens with zero attached hydrogens (tertiary/aromatic N) is 2. The minimum Gasteiger partial charge on any atom is -0.508 e. The van der Waals surface area contributed by atoms with Gasteiger partial charge in [0.05, 0.1) is 19.0 Å². The first-order valence-electron chi connectivity index (χ1n) is 7.52. The van der Waals surface area contributed by atoms with Gasteiger partial charge in [-0.3, -0.25) is 5.43 Å². The zero-order chi connectivity index (χ0) is 17.6. The van der Waals surface area contributed by atoms with Crippen LogP contribution in [0.15, 0.2) is 52.9 Å². The highest BCUT2D eigenvalue weighted by molar-refractivity contribution is 7.13. The molecule has 1 aromatic heterocycles. The minimum atomic E-state index is -0.0371. The molecule has 0 fully saturated rings. The van der Waals surface area contributed by atoms with Crippen molar-refractivity contribution < 1.29 is 14.9 Å². The normalized spacial score (nSPS) is 10.9. The lowest BCUT2D eigenvalue weighted by Gasteiger charge is -2.01. The number of phenols is 2. The number of benzene rings is 2. The zero-order valence-corrected chi connectivity index (χ0v) is 14.3. The van der Waals surface area contributed by atoms with Crippen LogP contribution in [0, 0.1) is 0 Å². The van der Waals surface area contributed by atoms with E-state index in [4.69, 9.17) is 4.74 Å². The van der Waals surface area contributed by atoms with Crippen LogP contribution in [0.1, 0.15) is 16.8 Å². The van der Waals surface area contributed by atoms with Crippen LogP contribution < -0.4 is 10.2 Å². The van der Waals surface area contributed by atoms with Gasteiger partial charge in [-0.15, -0.1) is 11.3 Å². The number of methoxy groups -OCH3 is 1. The molecule has 1 heterocycles. The molecule has 0 aliphatic rings. The largest absolute Gasteiger partial charge is 0.508 e. The fraction of sp³-hybridized carbons (Fsp3) is 0.111. The third-order valence-electron chi connectivity index (χ3n) is 3.47. The summed E-state index contributed by atoms with van der Waals surface area (Å²) in [5.74, 6) is 0.798. The molecule has 3 N–H and O–H groups in total. The molecule has 0 aliphatic carbocycles. The molecule has 3 aromatic rings. The highest BCUT2D eigenvalue weighted by Gasteiger charge is 2.04. The smallest absolute Gasteiger partial charge is 0.203 e. The molecule has 3 rings (SSSR count). The van der Waals surface area contributed by atoms with Crippen LogP contribution in [0.5, 0.6) is 17.2 Å². The van der Waals surface area contributed by atoms with Gasteiger partial charge >= 0.3 is 0 Å². The first kappa shape index (κ1) is 16.8. The average Bonchev–Trinajstić information content (AvgIpc) is 3.05. The lowest BCUT2D eigenvalue weighted by Crippen LogP contribution is -1.92. The van der Waals surface area contributed by atoms with Gasteiger partial charge in [0, 0.05) is 23.4 Å². The quantitative estimate of drug-likeness (QED) is 0.464. The van der Waals surface area contributed by atoms with Gasteiger partial charge in [0.15, 0.2) is 0 Å². The van der Waals surface area contributed by atoms with Crippen LogP contribution in [-0.4, -0.2) is 28.5 Å². The van der Waals surface area contributed by atoms with Crippen LogP contribution in [0.25, 0.3) is 0 Å². The molecule has 6 nitrogen and oxygen atoms in total. The third kappa shape index (κ3) is 4.48. The number of aromatic nitrogens is 1. The van der Waals surface area contributed by atoms with Gasteiger partial charge in [0.25, 0.3) is 0 Å². The number of nitrogens with one attached hydrogen (secondary N) is 1. The van der Waals surface area contributed by atoms with Gasteiger partial charge in [-0.25, -0.2) is 4.98 Å². The molecule has 128 valence electrons.